The van der Waals surface area contributed by atoms with Crippen molar-refractivity contribution in [1.29, 1.82) is 0 Å². The molecule has 0 aliphatic heterocycles. The van der Waals surface area contributed by atoms with Crippen LogP contribution < -0.4 is 16.4 Å². The van der Waals surface area contributed by atoms with E-state index in [0.717, 1.165) is 31.7 Å². The molecule has 0 atom stereocenters. The molecule has 1 aromatic carbocycles. The number of benzene rings is 1. The van der Waals surface area contributed by atoms with Gasteiger partial charge in [0.1, 0.15) is 0 Å². The first-order valence-corrected chi connectivity index (χ1v) is 6.03. The molecule has 1 aromatic rings. The first kappa shape index (κ1) is 14.3. The van der Waals surface area contributed by atoms with E-state index in [1.54, 1.807) is 32.4 Å². The number of rotatable bonds is 7. The van der Waals surface area contributed by atoms with E-state index in [-0.39, 0.29) is 5.91 Å². The number of hydrogen-bond acceptors (Lipinski definition) is 4. The van der Waals surface area contributed by atoms with E-state index >= 15 is 0 Å². The van der Waals surface area contributed by atoms with Gasteiger partial charge in [0.25, 0.3) is 5.91 Å². The molecule has 1 rings (SSSR count). The summed E-state index contributed by atoms with van der Waals surface area (Å²) in [6.07, 6.45) is 2.00. The van der Waals surface area contributed by atoms with Gasteiger partial charge in [-0.1, -0.05) is 0 Å². The van der Waals surface area contributed by atoms with Crippen LogP contribution in [0, 0.1) is 0 Å². The lowest BCUT2D eigenvalue weighted by Gasteiger charge is -2.10. The molecule has 18 heavy (non-hydrogen) atoms. The first-order chi connectivity index (χ1) is 8.69. The number of carbonyl (C=O) groups is 1. The molecule has 4 N–H and O–H groups in total. The second kappa shape index (κ2) is 7.55. The van der Waals surface area contributed by atoms with E-state index < -0.39 is 0 Å². The molecular formula is C13H21N3O2. The van der Waals surface area contributed by atoms with E-state index in [9.17, 15) is 4.79 Å². The van der Waals surface area contributed by atoms with Gasteiger partial charge < -0.3 is 21.1 Å². The maximum Gasteiger partial charge on any atom is 0.251 e. The topological polar surface area (TPSA) is 76.4 Å². The van der Waals surface area contributed by atoms with Gasteiger partial charge in [0, 0.05) is 32.9 Å². The van der Waals surface area contributed by atoms with Crippen molar-refractivity contribution in [2.45, 2.75) is 12.8 Å². The number of amides is 1. The second-order valence-electron chi connectivity index (χ2n) is 4.01. The molecule has 0 aliphatic rings. The number of methoxy groups -OCH3 is 1. The summed E-state index contributed by atoms with van der Waals surface area (Å²) in [7, 11) is 3.30. The van der Waals surface area contributed by atoms with Crippen LogP contribution in [0.1, 0.15) is 23.2 Å². The Morgan fingerprint density at radius 1 is 1.39 bits per heavy atom. The van der Waals surface area contributed by atoms with Gasteiger partial charge in [-0.25, -0.2) is 0 Å². The zero-order valence-corrected chi connectivity index (χ0v) is 11.0. The third kappa shape index (κ3) is 4.25. The van der Waals surface area contributed by atoms with E-state index in [1.807, 2.05) is 0 Å². The fraction of sp³-hybridized carbons (Fsp3) is 0.462. The zero-order valence-electron chi connectivity index (χ0n) is 11.0. The van der Waals surface area contributed by atoms with E-state index in [2.05, 4.69) is 10.6 Å². The van der Waals surface area contributed by atoms with Crippen molar-refractivity contribution in [2.75, 3.05) is 38.4 Å². The van der Waals surface area contributed by atoms with Crippen molar-refractivity contribution in [3.63, 3.8) is 0 Å². The lowest BCUT2D eigenvalue weighted by Crippen LogP contribution is -2.18. The lowest BCUT2D eigenvalue weighted by molar-refractivity contribution is 0.0963. The maximum atomic E-state index is 11.5. The quantitative estimate of drug-likeness (QED) is 0.506. The predicted octanol–water partition coefficient (Wildman–Crippen LogP) is 1.47. The molecule has 0 fully saturated rings. The van der Waals surface area contributed by atoms with Crippen molar-refractivity contribution < 1.29 is 9.53 Å². The summed E-state index contributed by atoms with van der Waals surface area (Å²) >= 11 is 0. The average Bonchev–Trinajstić information content (AvgIpc) is 2.39. The predicted molar refractivity (Wildman–Crippen MR) is 73.8 cm³/mol. The van der Waals surface area contributed by atoms with E-state index in [1.165, 1.54) is 0 Å². The Morgan fingerprint density at radius 3 is 2.83 bits per heavy atom. The summed E-state index contributed by atoms with van der Waals surface area (Å²) in [6, 6.07) is 5.22. The maximum absolute atomic E-state index is 11.5. The van der Waals surface area contributed by atoms with Gasteiger partial charge in [0.15, 0.2) is 0 Å². The third-order valence-corrected chi connectivity index (χ3v) is 2.63. The molecule has 0 aliphatic carbocycles. The molecule has 0 aromatic heterocycles. The number of nitrogen functional groups attached to an aromatic ring is 1. The lowest BCUT2D eigenvalue weighted by atomic mass is 10.1. The van der Waals surface area contributed by atoms with E-state index in [4.69, 9.17) is 10.5 Å². The summed E-state index contributed by atoms with van der Waals surface area (Å²) in [4.78, 5) is 11.5. The van der Waals surface area contributed by atoms with Crippen LogP contribution >= 0.6 is 0 Å². The molecule has 0 saturated carbocycles. The number of anilines is 2. The second-order valence-corrected chi connectivity index (χ2v) is 4.01. The minimum absolute atomic E-state index is 0.113. The molecule has 5 heteroatoms. The summed E-state index contributed by atoms with van der Waals surface area (Å²) in [5, 5.41) is 5.82. The molecule has 0 spiro atoms. The Labute approximate surface area is 108 Å². The minimum atomic E-state index is -0.113. The van der Waals surface area contributed by atoms with Gasteiger partial charge in [0.2, 0.25) is 0 Å². The van der Waals surface area contributed by atoms with Crippen LogP contribution in [-0.4, -0.2) is 33.2 Å². The zero-order chi connectivity index (χ0) is 13.4. The Hall–Kier alpha value is -1.75. The number of nitrogens with one attached hydrogen (secondary N) is 2. The molecule has 0 radical (unpaired) electrons. The molecule has 1 amide bonds. The molecule has 0 saturated heterocycles. The summed E-state index contributed by atoms with van der Waals surface area (Å²) < 4.78 is 4.98. The number of carbonyl (C=O) groups excluding carboxylic acids is 1. The van der Waals surface area contributed by atoms with Crippen molar-refractivity contribution in [1.82, 2.24) is 5.32 Å². The smallest absolute Gasteiger partial charge is 0.251 e. The normalized spacial score (nSPS) is 10.1. The first-order valence-electron chi connectivity index (χ1n) is 6.03. The van der Waals surface area contributed by atoms with Crippen LogP contribution in [0.5, 0.6) is 0 Å². The monoisotopic (exact) mass is 251 g/mol. The third-order valence-electron chi connectivity index (χ3n) is 2.63. The standard InChI is InChI=1S/C13H21N3O2/c1-15-13(17)10-5-6-11(14)12(9-10)16-7-3-4-8-18-2/h5-6,9,16H,3-4,7-8,14H2,1-2H3,(H,15,17). The fourth-order valence-electron chi connectivity index (χ4n) is 1.59. The minimum Gasteiger partial charge on any atom is -0.397 e. The average molecular weight is 251 g/mol. The molecular weight excluding hydrogens is 230 g/mol. The highest BCUT2D eigenvalue weighted by atomic mass is 16.5. The highest BCUT2D eigenvalue weighted by molar-refractivity contribution is 5.96. The van der Waals surface area contributed by atoms with Crippen LogP contribution in [0.2, 0.25) is 0 Å². The van der Waals surface area contributed by atoms with Crippen LogP contribution in [0.25, 0.3) is 0 Å². The van der Waals surface area contributed by atoms with E-state index in [0.29, 0.717) is 11.3 Å². The molecule has 0 heterocycles. The van der Waals surface area contributed by atoms with Crippen LogP contribution in [0.15, 0.2) is 18.2 Å². The Balaban J connectivity index is 2.56. The number of ether oxygens (including phenoxy) is 1. The molecule has 5 nitrogen and oxygen atoms in total. The number of hydrogen-bond donors (Lipinski definition) is 3. The van der Waals surface area contributed by atoms with Gasteiger partial charge in [0.05, 0.1) is 11.4 Å². The largest absolute Gasteiger partial charge is 0.397 e. The van der Waals surface area contributed by atoms with Gasteiger partial charge in [-0.15, -0.1) is 0 Å². The van der Waals surface area contributed by atoms with Gasteiger partial charge in [-0.2, -0.15) is 0 Å². The number of nitrogens with two attached hydrogens (primary N) is 1. The van der Waals surface area contributed by atoms with Gasteiger partial charge in [-0.05, 0) is 31.0 Å². The molecule has 100 valence electrons. The van der Waals surface area contributed by atoms with Gasteiger partial charge >= 0.3 is 0 Å². The Morgan fingerprint density at radius 2 is 2.17 bits per heavy atom. The van der Waals surface area contributed by atoms with Crippen LogP contribution in [0.3, 0.4) is 0 Å². The fourth-order valence-corrected chi connectivity index (χ4v) is 1.59. The Bertz CT molecular complexity index is 394. The summed E-state index contributed by atoms with van der Waals surface area (Å²) in [5.74, 6) is -0.113. The highest BCUT2D eigenvalue weighted by Gasteiger charge is 2.06. The molecule has 0 unspecified atom stereocenters. The van der Waals surface area contributed by atoms with Crippen molar-refractivity contribution in [3.05, 3.63) is 23.8 Å². The summed E-state index contributed by atoms with van der Waals surface area (Å²) in [5.41, 5.74) is 7.90. The van der Waals surface area contributed by atoms with Crippen molar-refractivity contribution in [2.24, 2.45) is 0 Å². The van der Waals surface area contributed by atoms with Crippen LogP contribution in [-0.2, 0) is 4.74 Å². The highest BCUT2D eigenvalue weighted by Crippen LogP contribution is 2.20. The van der Waals surface area contributed by atoms with Gasteiger partial charge in [-0.3, -0.25) is 4.79 Å². The molecule has 0 bridgehead atoms. The summed E-state index contributed by atoms with van der Waals surface area (Å²) in [6.45, 7) is 1.57. The SMILES string of the molecule is CNC(=O)c1ccc(N)c(NCCCCOC)c1. The Kier molecular flexibility index (Phi) is 6.00. The van der Waals surface area contributed by atoms with Crippen LogP contribution in [0.4, 0.5) is 11.4 Å². The van der Waals surface area contributed by atoms with Crippen molar-refractivity contribution >= 4 is 17.3 Å². The van der Waals surface area contributed by atoms with Crippen molar-refractivity contribution in [3.8, 4) is 0 Å². The number of unbranched alkanes of at least 4 members (excludes halogenated alkanes) is 1.